The lowest BCUT2D eigenvalue weighted by Crippen LogP contribution is -2.27. The highest BCUT2D eigenvalue weighted by Crippen LogP contribution is 2.29. The lowest BCUT2D eigenvalue weighted by Gasteiger charge is -2.15. The maximum Gasteiger partial charge on any atom is 0.253 e. The van der Waals surface area contributed by atoms with Crippen molar-refractivity contribution in [1.82, 2.24) is 15.1 Å². The number of aryl methyl sites for hydroxylation is 2. The fourth-order valence-corrected chi connectivity index (χ4v) is 3.37. The van der Waals surface area contributed by atoms with Crippen molar-refractivity contribution in [3.05, 3.63) is 59.5 Å². The third-order valence-electron chi connectivity index (χ3n) is 4.85. The summed E-state index contributed by atoms with van der Waals surface area (Å²) in [5, 5.41) is 7.99. The van der Waals surface area contributed by atoms with E-state index < -0.39 is 0 Å². The molecule has 0 aliphatic carbocycles. The Labute approximate surface area is 152 Å². The van der Waals surface area contributed by atoms with Gasteiger partial charge in [-0.3, -0.25) is 4.79 Å². The Balaban J connectivity index is 1.63. The van der Waals surface area contributed by atoms with E-state index in [0.29, 0.717) is 11.8 Å². The molecular formula is C21H21N3O2. The van der Waals surface area contributed by atoms with Gasteiger partial charge in [-0.05, 0) is 60.7 Å². The summed E-state index contributed by atoms with van der Waals surface area (Å²) >= 11 is 0. The van der Waals surface area contributed by atoms with E-state index in [4.69, 9.17) is 4.42 Å². The standard InChI is InChI=1S/C21H21N3O2/c1-14-5-6-18(20-23-22-15(2)26-20)13-19(14)16-7-9-17(10-8-16)21(25)24-11-3-4-12-24/h5-10,13H,3-4,11-12H2,1-2H3. The number of hydrogen-bond donors (Lipinski definition) is 0. The van der Waals surface area contributed by atoms with Gasteiger partial charge in [-0.15, -0.1) is 10.2 Å². The quantitative estimate of drug-likeness (QED) is 0.710. The zero-order chi connectivity index (χ0) is 18.1. The Morgan fingerprint density at radius 1 is 0.962 bits per heavy atom. The van der Waals surface area contributed by atoms with E-state index in [1.54, 1.807) is 6.92 Å². The number of benzene rings is 2. The number of likely N-dealkylation sites (tertiary alicyclic amines) is 1. The first-order valence-corrected chi connectivity index (χ1v) is 8.93. The largest absolute Gasteiger partial charge is 0.421 e. The summed E-state index contributed by atoms with van der Waals surface area (Å²) in [5.41, 5.74) is 4.96. The molecule has 4 rings (SSSR count). The molecule has 3 aromatic rings. The molecule has 0 saturated carbocycles. The predicted octanol–water partition coefficient (Wildman–Crippen LogP) is 4.26. The summed E-state index contributed by atoms with van der Waals surface area (Å²) in [7, 11) is 0. The van der Waals surface area contributed by atoms with E-state index in [-0.39, 0.29) is 5.91 Å². The average Bonchev–Trinajstić information content (AvgIpc) is 3.34. The third kappa shape index (κ3) is 3.12. The van der Waals surface area contributed by atoms with Crippen molar-refractivity contribution in [3.63, 3.8) is 0 Å². The van der Waals surface area contributed by atoms with Crippen LogP contribution in [0.1, 0.15) is 34.7 Å². The molecule has 5 nitrogen and oxygen atoms in total. The highest BCUT2D eigenvalue weighted by atomic mass is 16.4. The molecule has 2 aromatic carbocycles. The number of hydrogen-bond acceptors (Lipinski definition) is 4. The average molecular weight is 347 g/mol. The Hall–Kier alpha value is -2.95. The van der Waals surface area contributed by atoms with Crippen molar-refractivity contribution in [2.24, 2.45) is 0 Å². The zero-order valence-electron chi connectivity index (χ0n) is 15.0. The Morgan fingerprint density at radius 3 is 2.31 bits per heavy atom. The van der Waals surface area contributed by atoms with Crippen molar-refractivity contribution in [2.75, 3.05) is 13.1 Å². The number of rotatable bonds is 3. The second-order valence-electron chi connectivity index (χ2n) is 6.73. The molecule has 0 N–H and O–H groups in total. The van der Waals surface area contributed by atoms with Gasteiger partial charge >= 0.3 is 0 Å². The molecule has 1 aromatic heterocycles. The van der Waals surface area contributed by atoms with Gasteiger partial charge in [0.05, 0.1) is 0 Å². The Bertz CT molecular complexity index is 938. The van der Waals surface area contributed by atoms with Gasteiger partial charge in [-0.2, -0.15) is 0 Å². The van der Waals surface area contributed by atoms with E-state index in [0.717, 1.165) is 53.7 Å². The molecule has 2 heterocycles. The molecule has 1 amide bonds. The molecule has 0 spiro atoms. The van der Waals surface area contributed by atoms with Crippen molar-refractivity contribution in [2.45, 2.75) is 26.7 Å². The van der Waals surface area contributed by atoms with Gasteiger partial charge in [-0.1, -0.05) is 18.2 Å². The summed E-state index contributed by atoms with van der Waals surface area (Å²) in [6.07, 6.45) is 2.20. The van der Waals surface area contributed by atoms with E-state index in [2.05, 4.69) is 23.2 Å². The molecule has 26 heavy (non-hydrogen) atoms. The summed E-state index contributed by atoms with van der Waals surface area (Å²) < 4.78 is 5.54. The molecule has 0 atom stereocenters. The van der Waals surface area contributed by atoms with Gasteiger partial charge in [0.25, 0.3) is 5.91 Å². The van der Waals surface area contributed by atoms with Crippen LogP contribution in [0, 0.1) is 13.8 Å². The van der Waals surface area contributed by atoms with E-state index >= 15 is 0 Å². The van der Waals surface area contributed by atoms with Crippen LogP contribution in [0.25, 0.3) is 22.6 Å². The second-order valence-corrected chi connectivity index (χ2v) is 6.73. The van der Waals surface area contributed by atoms with Gasteiger partial charge in [-0.25, -0.2) is 0 Å². The van der Waals surface area contributed by atoms with Crippen LogP contribution in [0.5, 0.6) is 0 Å². The normalized spacial score (nSPS) is 14.0. The molecule has 1 fully saturated rings. The molecule has 0 unspecified atom stereocenters. The Morgan fingerprint density at radius 2 is 1.65 bits per heavy atom. The summed E-state index contributed by atoms with van der Waals surface area (Å²) in [6, 6.07) is 13.9. The fourth-order valence-electron chi connectivity index (χ4n) is 3.37. The van der Waals surface area contributed by atoms with E-state index in [1.807, 2.05) is 41.3 Å². The summed E-state index contributed by atoms with van der Waals surface area (Å²) in [6.45, 7) is 5.58. The number of carbonyl (C=O) groups excluding carboxylic acids is 1. The lowest BCUT2D eigenvalue weighted by molar-refractivity contribution is 0.0793. The third-order valence-corrected chi connectivity index (χ3v) is 4.85. The molecule has 0 radical (unpaired) electrons. The fraction of sp³-hybridized carbons (Fsp3) is 0.286. The first-order chi connectivity index (χ1) is 12.6. The first-order valence-electron chi connectivity index (χ1n) is 8.93. The first kappa shape index (κ1) is 16.5. The number of carbonyl (C=O) groups is 1. The van der Waals surface area contributed by atoms with Crippen molar-refractivity contribution < 1.29 is 9.21 Å². The predicted molar refractivity (Wildman–Crippen MR) is 99.8 cm³/mol. The van der Waals surface area contributed by atoms with Crippen LogP contribution >= 0.6 is 0 Å². The van der Waals surface area contributed by atoms with Crippen molar-refractivity contribution in [3.8, 4) is 22.6 Å². The summed E-state index contributed by atoms with van der Waals surface area (Å²) in [5.74, 6) is 1.19. The minimum Gasteiger partial charge on any atom is -0.421 e. The molecule has 0 bridgehead atoms. The second kappa shape index (κ2) is 6.75. The number of nitrogens with zero attached hydrogens (tertiary/aromatic N) is 3. The molecule has 132 valence electrons. The SMILES string of the molecule is Cc1nnc(-c2ccc(C)c(-c3ccc(C(=O)N4CCCC4)cc3)c2)o1. The van der Waals surface area contributed by atoms with Crippen LogP contribution in [0.4, 0.5) is 0 Å². The minimum absolute atomic E-state index is 0.126. The molecule has 1 aliphatic rings. The van der Waals surface area contributed by atoms with E-state index in [9.17, 15) is 4.79 Å². The molecular weight excluding hydrogens is 326 g/mol. The summed E-state index contributed by atoms with van der Waals surface area (Å²) in [4.78, 5) is 14.4. The lowest BCUT2D eigenvalue weighted by atomic mass is 9.97. The van der Waals surface area contributed by atoms with Crippen LogP contribution in [0.15, 0.2) is 46.9 Å². The molecule has 5 heteroatoms. The van der Waals surface area contributed by atoms with Crippen LogP contribution in [0.2, 0.25) is 0 Å². The van der Waals surface area contributed by atoms with Gasteiger partial charge in [0.15, 0.2) is 0 Å². The smallest absolute Gasteiger partial charge is 0.253 e. The van der Waals surface area contributed by atoms with Crippen LogP contribution in [-0.4, -0.2) is 34.1 Å². The topological polar surface area (TPSA) is 59.2 Å². The number of aromatic nitrogens is 2. The van der Waals surface area contributed by atoms with Crippen LogP contribution in [-0.2, 0) is 0 Å². The Kier molecular flexibility index (Phi) is 4.29. The van der Waals surface area contributed by atoms with Gasteiger partial charge in [0.2, 0.25) is 11.8 Å². The van der Waals surface area contributed by atoms with Gasteiger partial charge < -0.3 is 9.32 Å². The highest BCUT2D eigenvalue weighted by molar-refractivity contribution is 5.95. The monoisotopic (exact) mass is 347 g/mol. The highest BCUT2D eigenvalue weighted by Gasteiger charge is 2.19. The van der Waals surface area contributed by atoms with Crippen LogP contribution < -0.4 is 0 Å². The van der Waals surface area contributed by atoms with Gasteiger partial charge in [0, 0.05) is 31.1 Å². The number of amides is 1. The maximum atomic E-state index is 12.5. The maximum absolute atomic E-state index is 12.5. The van der Waals surface area contributed by atoms with Crippen molar-refractivity contribution >= 4 is 5.91 Å². The molecule has 1 aliphatic heterocycles. The van der Waals surface area contributed by atoms with Crippen LogP contribution in [0.3, 0.4) is 0 Å². The zero-order valence-corrected chi connectivity index (χ0v) is 15.0. The van der Waals surface area contributed by atoms with Crippen molar-refractivity contribution in [1.29, 1.82) is 0 Å². The molecule has 1 saturated heterocycles. The van der Waals surface area contributed by atoms with Gasteiger partial charge in [0.1, 0.15) is 0 Å². The minimum atomic E-state index is 0.126. The van der Waals surface area contributed by atoms with E-state index in [1.165, 1.54) is 0 Å².